The van der Waals surface area contributed by atoms with Gasteiger partial charge in [0.1, 0.15) is 18.0 Å². The monoisotopic (exact) mass is 192 g/mol. The second kappa shape index (κ2) is 3.82. The SMILES string of the molecule is CCc1c(N)ncnc1N1CCCC1. The number of nitrogens with zero attached hydrogens (tertiary/aromatic N) is 3. The molecule has 1 saturated heterocycles. The molecule has 0 amide bonds. The van der Waals surface area contributed by atoms with E-state index in [0.29, 0.717) is 5.82 Å². The van der Waals surface area contributed by atoms with Gasteiger partial charge in [0, 0.05) is 18.7 Å². The van der Waals surface area contributed by atoms with Crippen molar-refractivity contribution in [1.82, 2.24) is 9.97 Å². The number of rotatable bonds is 2. The van der Waals surface area contributed by atoms with Crippen LogP contribution in [0.4, 0.5) is 11.6 Å². The van der Waals surface area contributed by atoms with E-state index in [1.165, 1.54) is 12.8 Å². The molecule has 0 aromatic carbocycles. The minimum absolute atomic E-state index is 0.629. The largest absolute Gasteiger partial charge is 0.383 e. The summed E-state index contributed by atoms with van der Waals surface area (Å²) in [5, 5.41) is 0. The van der Waals surface area contributed by atoms with E-state index in [0.717, 1.165) is 30.9 Å². The maximum absolute atomic E-state index is 5.82. The van der Waals surface area contributed by atoms with E-state index in [1.807, 2.05) is 0 Å². The third-order valence-corrected chi connectivity index (χ3v) is 2.72. The summed E-state index contributed by atoms with van der Waals surface area (Å²) in [5.74, 6) is 1.67. The fourth-order valence-corrected chi connectivity index (χ4v) is 1.96. The first kappa shape index (κ1) is 9.24. The lowest BCUT2D eigenvalue weighted by molar-refractivity contribution is 0.902. The molecule has 14 heavy (non-hydrogen) atoms. The third-order valence-electron chi connectivity index (χ3n) is 2.72. The normalized spacial score (nSPS) is 16.2. The Morgan fingerprint density at radius 3 is 2.71 bits per heavy atom. The van der Waals surface area contributed by atoms with Gasteiger partial charge in [-0.3, -0.25) is 0 Å². The van der Waals surface area contributed by atoms with Crippen molar-refractivity contribution in [2.75, 3.05) is 23.7 Å². The van der Waals surface area contributed by atoms with Crippen molar-refractivity contribution in [2.24, 2.45) is 0 Å². The Morgan fingerprint density at radius 2 is 2.07 bits per heavy atom. The van der Waals surface area contributed by atoms with Gasteiger partial charge < -0.3 is 10.6 Å². The van der Waals surface area contributed by atoms with Crippen molar-refractivity contribution in [3.05, 3.63) is 11.9 Å². The molecule has 0 unspecified atom stereocenters. The minimum Gasteiger partial charge on any atom is -0.383 e. The summed E-state index contributed by atoms with van der Waals surface area (Å²) in [5.41, 5.74) is 6.91. The van der Waals surface area contributed by atoms with Crippen LogP contribution in [0, 0.1) is 0 Å². The molecule has 0 spiro atoms. The van der Waals surface area contributed by atoms with Crippen molar-refractivity contribution in [3.63, 3.8) is 0 Å². The number of aromatic nitrogens is 2. The highest BCUT2D eigenvalue weighted by Gasteiger charge is 2.17. The second-order valence-corrected chi connectivity index (χ2v) is 3.61. The minimum atomic E-state index is 0.629. The summed E-state index contributed by atoms with van der Waals surface area (Å²) in [7, 11) is 0. The number of nitrogen functional groups attached to an aromatic ring is 1. The van der Waals surface area contributed by atoms with Gasteiger partial charge in [-0.15, -0.1) is 0 Å². The zero-order chi connectivity index (χ0) is 9.97. The highest BCUT2D eigenvalue weighted by molar-refractivity contribution is 5.56. The van der Waals surface area contributed by atoms with Gasteiger partial charge >= 0.3 is 0 Å². The molecular formula is C10H16N4. The first-order chi connectivity index (χ1) is 6.83. The molecule has 0 aliphatic carbocycles. The van der Waals surface area contributed by atoms with Crippen molar-refractivity contribution in [3.8, 4) is 0 Å². The molecule has 0 atom stereocenters. The average Bonchev–Trinajstić information content (AvgIpc) is 2.70. The summed E-state index contributed by atoms with van der Waals surface area (Å²) >= 11 is 0. The Morgan fingerprint density at radius 1 is 1.36 bits per heavy atom. The molecule has 1 aliphatic heterocycles. The number of hydrogen-bond acceptors (Lipinski definition) is 4. The molecule has 2 N–H and O–H groups in total. The van der Waals surface area contributed by atoms with E-state index in [4.69, 9.17) is 5.73 Å². The van der Waals surface area contributed by atoms with Crippen molar-refractivity contribution in [2.45, 2.75) is 26.2 Å². The fourth-order valence-electron chi connectivity index (χ4n) is 1.96. The van der Waals surface area contributed by atoms with Gasteiger partial charge in [0.2, 0.25) is 0 Å². The topological polar surface area (TPSA) is 55.0 Å². The van der Waals surface area contributed by atoms with E-state index in [9.17, 15) is 0 Å². The van der Waals surface area contributed by atoms with Crippen LogP contribution < -0.4 is 10.6 Å². The van der Waals surface area contributed by atoms with E-state index < -0.39 is 0 Å². The highest BCUT2D eigenvalue weighted by Crippen LogP contribution is 2.24. The molecule has 4 heteroatoms. The zero-order valence-electron chi connectivity index (χ0n) is 8.53. The van der Waals surface area contributed by atoms with Gasteiger partial charge in [0.15, 0.2) is 0 Å². The van der Waals surface area contributed by atoms with E-state index in [2.05, 4.69) is 21.8 Å². The van der Waals surface area contributed by atoms with Crippen molar-refractivity contribution in [1.29, 1.82) is 0 Å². The summed E-state index contributed by atoms with van der Waals surface area (Å²) in [6.07, 6.45) is 4.97. The van der Waals surface area contributed by atoms with Crippen LogP contribution in [0.2, 0.25) is 0 Å². The van der Waals surface area contributed by atoms with Gasteiger partial charge in [-0.05, 0) is 19.3 Å². The van der Waals surface area contributed by atoms with Crippen LogP contribution in [0.1, 0.15) is 25.3 Å². The van der Waals surface area contributed by atoms with E-state index in [-0.39, 0.29) is 0 Å². The quantitative estimate of drug-likeness (QED) is 0.765. The van der Waals surface area contributed by atoms with Crippen LogP contribution in [0.15, 0.2) is 6.33 Å². The molecular weight excluding hydrogens is 176 g/mol. The Bertz CT molecular complexity index is 318. The molecule has 0 radical (unpaired) electrons. The zero-order valence-corrected chi connectivity index (χ0v) is 8.53. The lowest BCUT2D eigenvalue weighted by Crippen LogP contribution is -2.21. The van der Waals surface area contributed by atoms with Crippen LogP contribution in [0.5, 0.6) is 0 Å². The lowest BCUT2D eigenvalue weighted by atomic mass is 10.2. The molecule has 1 aromatic rings. The Balaban J connectivity index is 2.35. The summed E-state index contributed by atoms with van der Waals surface area (Å²) in [6.45, 7) is 4.29. The van der Waals surface area contributed by atoms with Crippen molar-refractivity contribution < 1.29 is 0 Å². The fraction of sp³-hybridized carbons (Fsp3) is 0.600. The lowest BCUT2D eigenvalue weighted by Gasteiger charge is -2.19. The van der Waals surface area contributed by atoms with Gasteiger partial charge in [0.05, 0.1) is 0 Å². The molecule has 2 rings (SSSR count). The Kier molecular flexibility index (Phi) is 2.52. The van der Waals surface area contributed by atoms with Crippen LogP contribution in [0.3, 0.4) is 0 Å². The van der Waals surface area contributed by atoms with Gasteiger partial charge in [0.25, 0.3) is 0 Å². The second-order valence-electron chi connectivity index (χ2n) is 3.61. The van der Waals surface area contributed by atoms with Crippen LogP contribution in [-0.2, 0) is 6.42 Å². The third kappa shape index (κ3) is 1.52. The van der Waals surface area contributed by atoms with E-state index >= 15 is 0 Å². The molecule has 1 fully saturated rings. The first-order valence-electron chi connectivity index (χ1n) is 5.17. The smallest absolute Gasteiger partial charge is 0.137 e. The summed E-state index contributed by atoms with van der Waals surface area (Å²) < 4.78 is 0. The molecule has 0 bridgehead atoms. The van der Waals surface area contributed by atoms with E-state index in [1.54, 1.807) is 6.33 Å². The predicted molar refractivity (Wildman–Crippen MR) is 57.3 cm³/mol. The van der Waals surface area contributed by atoms with Crippen LogP contribution >= 0.6 is 0 Å². The number of nitrogens with two attached hydrogens (primary N) is 1. The predicted octanol–water partition coefficient (Wildman–Crippen LogP) is 1.22. The summed E-state index contributed by atoms with van der Waals surface area (Å²) in [4.78, 5) is 10.7. The highest BCUT2D eigenvalue weighted by atomic mass is 15.2. The van der Waals surface area contributed by atoms with Crippen LogP contribution in [-0.4, -0.2) is 23.1 Å². The molecule has 1 aromatic heterocycles. The molecule has 4 nitrogen and oxygen atoms in total. The van der Waals surface area contributed by atoms with Gasteiger partial charge in [-0.1, -0.05) is 6.92 Å². The number of hydrogen-bond donors (Lipinski definition) is 1. The Labute approximate surface area is 84.2 Å². The van der Waals surface area contributed by atoms with Crippen molar-refractivity contribution >= 4 is 11.6 Å². The average molecular weight is 192 g/mol. The molecule has 76 valence electrons. The Hall–Kier alpha value is -1.32. The maximum Gasteiger partial charge on any atom is 0.137 e. The van der Waals surface area contributed by atoms with Crippen LogP contribution in [0.25, 0.3) is 0 Å². The molecule has 0 saturated carbocycles. The first-order valence-corrected chi connectivity index (χ1v) is 5.17. The standard InChI is InChI=1S/C10H16N4/c1-2-8-9(11)12-7-13-10(8)14-5-3-4-6-14/h7H,2-6H2,1H3,(H2,11,12,13). The number of anilines is 2. The van der Waals surface area contributed by atoms with Gasteiger partial charge in [-0.25, -0.2) is 9.97 Å². The van der Waals surface area contributed by atoms with Gasteiger partial charge in [-0.2, -0.15) is 0 Å². The molecule has 1 aliphatic rings. The summed E-state index contributed by atoms with van der Waals surface area (Å²) in [6, 6.07) is 0. The molecule has 2 heterocycles. The maximum atomic E-state index is 5.82.